The summed E-state index contributed by atoms with van der Waals surface area (Å²) in [5.74, 6) is 0.0616. The minimum atomic E-state index is -0.564. The highest BCUT2D eigenvalue weighted by Gasteiger charge is 2.44. The quantitative estimate of drug-likeness (QED) is 0.348. The Morgan fingerprint density at radius 1 is 1.03 bits per heavy atom. The largest absolute Gasteiger partial charge is 0.480 e. The molecular formula is C28H28ClN5O4. The highest BCUT2D eigenvalue weighted by atomic mass is 35.5. The van der Waals surface area contributed by atoms with Crippen LogP contribution in [0, 0.1) is 6.92 Å². The number of amides is 1. The number of rotatable bonds is 6. The van der Waals surface area contributed by atoms with Gasteiger partial charge in [-0.25, -0.2) is 4.98 Å². The minimum absolute atomic E-state index is 0.0524. The van der Waals surface area contributed by atoms with E-state index in [9.17, 15) is 9.59 Å². The van der Waals surface area contributed by atoms with Crippen LogP contribution >= 0.6 is 11.6 Å². The summed E-state index contributed by atoms with van der Waals surface area (Å²) in [4.78, 5) is 37.7. The molecular weight excluding hydrogens is 506 g/mol. The van der Waals surface area contributed by atoms with Crippen LogP contribution in [0.5, 0.6) is 11.9 Å². The maximum absolute atomic E-state index is 14.2. The van der Waals surface area contributed by atoms with Gasteiger partial charge in [0.15, 0.2) is 0 Å². The standard InChI is InChI=1S/C28H28ClN5O4/c1-15(2)33-21(20-13-30-28(38-6)31-25(20)37-5)12-19-24(33)23(17-7-9-18(29)10-8-17)34(26(19)35)22-11-16(3)14-32(4)27(22)36/h7-15,23H,1-6H3. The number of ether oxygens (including phenoxy) is 2. The van der Waals surface area contributed by atoms with Gasteiger partial charge in [-0.2, -0.15) is 4.98 Å². The Hall–Kier alpha value is -4.11. The van der Waals surface area contributed by atoms with Gasteiger partial charge in [0.05, 0.1) is 36.7 Å². The van der Waals surface area contributed by atoms with E-state index in [0.29, 0.717) is 27.7 Å². The summed E-state index contributed by atoms with van der Waals surface area (Å²) in [6.45, 7) is 5.98. The molecule has 1 atom stereocenters. The molecule has 10 heteroatoms. The van der Waals surface area contributed by atoms with Crippen molar-refractivity contribution in [3.8, 4) is 23.1 Å². The molecule has 1 aromatic carbocycles. The molecule has 38 heavy (non-hydrogen) atoms. The maximum Gasteiger partial charge on any atom is 0.319 e. The lowest BCUT2D eigenvalue weighted by Gasteiger charge is -2.29. The number of benzene rings is 1. The summed E-state index contributed by atoms with van der Waals surface area (Å²) < 4.78 is 14.3. The first-order valence-electron chi connectivity index (χ1n) is 12.1. The first kappa shape index (κ1) is 25.5. The normalized spacial score (nSPS) is 14.8. The number of halogens is 1. The summed E-state index contributed by atoms with van der Waals surface area (Å²) in [6, 6.07) is 10.5. The zero-order valence-electron chi connectivity index (χ0n) is 22.0. The Balaban J connectivity index is 1.81. The molecule has 0 N–H and O–H groups in total. The Labute approximate surface area is 225 Å². The molecule has 4 heterocycles. The van der Waals surface area contributed by atoms with Gasteiger partial charge in [-0.1, -0.05) is 23.7 Å². The minimum Gasteiger partial charge on any atom is -0.480 e. The van der Waals surface area contributed by atoms with Gasteiger partial charge in [-0.3, -0.25) is 14.5 Å². The van der Waals surface area contributed by atoms with Crippen LogP contribution in [-0.2, 0) is 7.05 Å². The molecule has 0 saturated carbocycles. The monoisotopic (exact) mass is 533 g/mol. The van der Waals surface area contributed by atoms with Crippen molar-refractivity contribution in [3.63, 3.8) is 0 Å². The highest BCUT2D eigenvalue weighted by Crippen LogP contribution is 2.46. The predicted molar refractivity (Wildman–Crippen MR) is 145 cm³/mol. The lowest BCUT2D eigenvalue weighted by Crippen LogP contribution is -2.35. The topological polar surface area (TPSA) is 91.5 Å². The number of nitrogens with zero attached hydrogens (tertiary/aromatic N) is 5. The summed E-state index contributed by atoms with van der Waals surface area (Å²) >= 11 is 6.21. The van der Waals surface area contributed by atoms with Gasteiger partial charge >= 0.3 is 6.01 Å². The van der Waals surface area contributed by atoms with E-state index >= 15 is 0 Å². The van der Waals surface area contributed by atoms with Crippen molar-refractivity contribution in [3.05, 3.63) is 86.6 Å². The molecule has 4 aromatic rings. The summed E-state index contributed by atoms with van der Waals surface area (Å²) in [5.41, 5.74) is 4.37. The molecule has 0 spiro atoms. The zero-order valence-corrected chi connectivity index (χ0v) is 22.8. The third kappa shape index (κ3) is 4.03. The van der Waals surface area contributed by atoms with E-state index in [1.54, 1.807) is 42.5 Å². The molecule has 1 aliphatic rings. The van der Waals surface area contributed by atoms with Crippen LogP contribution in [0.1, 0.15) is 53.1 Å². The number of hydrogen-bond acceptors (Lipinski definition) is 6. The molecule has 0 radical (unpaired) electrons. The van der Waals surface area contributed by atoms with Crippen LogP contribution in [-0.4, -0.2) is 39.2 Å². The third-order valence-corrected chi connectivity index (χ3v) is 6.94. The fourth-order valence-electron chi connectivity index (χ4n) is 5.14. The fraction of sp³-hybridized carbons (Fsp3) is 0.286. The van der Waals surface area contributed by atoms with Crippen LogP contribution in [0.2, 0.25) is 5.02 Å². The van der Waals surface area contributed by atoms with Gasteiger partial charge < -0.3 is 18.6 Å². The van der Waals surface area contributed by atoms with Crippen molar-refractivity contribution in [2.45, 2.75) is 32.9 Å². The second-order valence-corrected chi connectivity index (χ2v) is 9.96. The molecule has 0 fully saturated rings. The van der Waals surface area contributed by atoms with Gasteiger partial charge in [0.25, 0.3) is 11.5 Å². The van der Waals surface area contributed by atoms with E-state index in [0.717, 1.165) is 22.5 Å². The summed E-state index contributed by atoms with van der Waals surface area (Å²) in [6.07, 6.45) is 3.38. The Kier molecular flexibility index (Phi) is 6.48. The second kappa shape index (κ2) is 9.64. The van der Waals surface area contributed by atoms with E-state index in [1.165, 1.54) is 18.8 Å². The molecule has 1 aliphatic heterocycles. The van der Waals surface area contributed by atoms with Crippen molar-refractivity contribution >= 4 is 23.2 Å². The Morgan fingerprint density at radius 3 is 2.37 bits per heavy atom. The van der Waals surface area contributed by atoms with Crippen LogP contribution in [0.3, 0.4) is 0 Å². The molecule has 196 valence electrons. The lowest BCUT2D eigenvalue weighted by molar-refractivity contribution is 0.0993. The molecule has 1 unspecified atom stereocenters. The molecule has 0 saturated heterocycles. The Bertz CT molecular complexity index is 1610. The average molecular weight is 534 g/mol. The SMILES string of the molecule is COc1ncc(-c2cc3c(n2C(C)C)C(c2ccc(Cl)cc2)N(c2cc(C)cn(C)c2=O)C3=O)c(OC)n1. The Morgan fingerprint density at radius 2 is 1.74 bits per heavy atom. The number of anilines is 1. The fourth-order valence-corrected chi connectivity index (χ4v) is 5.26. The predicted octanol–water partition coefficient (Wildman–Crippen LogP) is 4.95. The zero-order chi connectivity index (χ0) is 27.3. The molecule has 1 amide bonds. The number of aryl methyl sites for hydroxylation is 2. The van der Waals surface area contributed by atoms with Gasteiger partial charge in [-0.15, -0.1) is 0 Å². The molecule has 0 aliphatic carbocycles. The van der Waals surface area contributed by atoms with E-state index < -0.39 is 6.04 Å². The van der Waals surface area contributed by atoms with Gasteiger partial charge in [-0.05, 0) is 56.2 Å². The lowest BCUT2D eigenvalue weighted by atomic mass is 10.0. The maximum atomic E-state index is 14.2. The van der Waals surface area contributed by atoms with Gasteiger partial charge in [0.1, 0.15) is 11.7 Å². The highest BCUT2D eigenvalue weighted by molar-refractivity contribution is 6.30. The van der Waals surface area contributed by atoms with Crippen molar-refractivity contribution in [2.75, 3.05) is 19.1 Å². The number of fused-ring (bicyclic) bond motifs is 1. The van der Waals surface area contributed by atoms with Crippen molar-refractivity contribution in [1.29, 1.82) is 0 Å². The number of methoxy groups -OCH3 is 2. The molecule has 3 aromatic heterocycles. The smallest absolute Gasteiger partial charge is 0.319 e. The first-order chi connectivity index (χ1) is 18.2. The number of hydrogen-bond donors (Lipinski definition) is 0. The van der Waals surface area contributed by atoms with E-state index in [-0.39, 0.29) is 23.5 Å². The molecule has 0 bridgehead atoms. The van der Waals surface area contributed by atoms with E-state index in [2.05, 4.69) is 14.5 Å². The first-order valence-corrected chi connectivity index (χ1v) is 12.5. The van der Waals surface area contributed by atoms with E-state index in [1.807, 2.05) is 39.0 Å². The molecule has 5 rings (SSSR count). The van der Waals surface area contributed by atoms with Crippen LogP contribution in [0.25, 0.3) is 11.3 Å². The van der Waals surface area contributed by atoms with Crippen molar-refractivity contribution < 1.29 is 14.3 Å². The van der Waals surface area contributed by atoms with E-state index in [4.69, 9.17) is 21.1 Å². The van der Waals surface area contributed by atoms with Gasteiger partial charge in [0.2, 0.25) is 5.88 Å². The molecule has 9 nitrogen and oxygen atoms in total. The van der Waals surface area contributed by atoms with Crippen LogP contribution in [0.15, 0.2) is 53.6 Å². The van der Waals surface area contributed by atoms with Crippen molar-refractivity contribution in [1.82, 2.24) is 19.1 Å². The van der Waals surface area contributed by atoms with Crippen molar-refractivity contribution in [2.24, 2.45) is 7.05 Å². The number of carbonyl (C=O) groups is 1. The van der Waals surface area contributed by atoms with Crippen LogP contribution < -0.4 is 19.9 Å². The third-order valence-electron chi connectivity index (χ3n) is 6.69. The van der Waals surface area contributed by atoms with Crippen LogP contribution in [0.4, 0.5) is 5.69 Å². The summed E-state index contributed by atoms with van der Waals surface area (Å²) in [5, 5.41) is 0.580. The number of carbonyl (C=O) groups excluding carboxylic acids is 1. The number of aromatic nitrogens is 4. The average Bonchev–Trinajstić information content (AvgIpc) is 3.41. The summed E-state index contributed by atoms with van der Waals surface area (Å²) in [7, 11) is 4.70. The number of pyridine rings is 1. The second-order valence-electron chi connectivity index (χ2n) is 9.52. The van der Waals surface area contributed by atoms with Gasteiger partial charge in [0, 0.05) is 30.5 Å².